The van der Waals surface area contributed by atoms with Crippen LogP contribution in [0.15, 0.2) is 36.7 Å². The summed E-state index contributed by atoms with van der Waals surface area (Å²) in [4.78, 5) is 11.2. The summed E-state index contributed by atoms with van der Waals surface area (Å²) in [6, 6.07) is 8.18. The number of nitrogens with zero attached hydrogens (tertiary/aromatic N) is 5. The predicted octanol–water partition coefficient (Wildman–Crippen LogP) is 1.76. The van der Waals surface area contributed by atoms with Gasteiger partial charge >= 0.3 is 0 Å². The van der Waals surface area contributed by atoms with Gasteiger partial charge in [0.25, 0.3) is 0 Å². The van der Waals surface area contributed by atoms with Crippen molar-refractivity contribution in [3.05, 3.63) is 42.4 Å². The van der Waals surface area contributed by atoms with Gasteiger partial charge in [-0.25, -0.2) is 4.98 Å². The van der Waals surface area contributed by atoms with E-state index in [2.05, 4.69) is 34.3 Å². The van der Waals surface area contributed by atoms with Crippen molar-refractivity contribution in [3.8, 4) is 11.3 Å². The Morgan fingerprint density at radius 2 is 1.91 bits per heavy atom. The summed E-state index contributed by atoms with van der Waals surface area (Å²) in [6.07, 6.45) is 4.51. The zero-order valence-electron chi connectivity index (χ0n) is 13.2. The van der Waals surface area contributed by atoms with Crippen molar-refractivity contribution in [2.75, 3.05) is 31.1 Å². The molecule has 6 heteroatoms. The fourth-order valence-corrected chi connectivity index (χ4v) is 2.97. The number of nitrogens with one attached hydrogen (secondary N) is 1. The smallest absolute Gasteiger partial charge is 0.158 e. The summed E-state index contributed by atoms with van der Waals surface area (Å²) in [5.74, 6) is 1.13. The first-order valence-corrected chi connectivity index (χ1v) is 8.11. The van der Waals surface area contributed by atoms with Gasteiger partial charge in [-0.2, -0.15) is 9.61 Å². The van der Waals surface area contributed by atoms with E-state index in [1.165, 1.54) is 0 Å². The van der Waals surface area contributed by atoms with Crippen molar-refractivity contribution in [1.82, 2.24) is 24.9 Å². The molecule has 0 saturated carbocycles. The van der Waals surface area contributed by atoms with E-state index < -0.39 is 0 Å². The first kappa shape index (κ1) is 14.1. The molecule has 1 aliphatic rings. The minimum absolute atomic E-state index is 0.907. The molecule has 3 aromatic rings. The van der Waals surface area contributed by atoms with E-state index in [4.69, 9.17) is 10.1 Å². The zero-order chi connectivity index (χ0) is 15.6. The van der Waals surface area contributed by atoms with Crippen LogP contribution in [0.3, 0.4) is 0 Å². The predicted molar refractivity (Wildman–Crippen MR) is 90.7 cm³/mol. The van der Waals surface area contributed by atoms with E-state index in [1.807, 2.05) is 16.6 Å². The maximum atomic E-state index is 4.80. The molecule has 3 aromatic heterocycles. The van der Waals surface area contributed by atoms with Gasteiger partial charge < -0.3 is 10.2 Å². The Bertz CT molecular complexity index is 805. The highest BCUT2D eigenvalue weighted by Gasteiger charge is 2.17. The fraction of sp³-hybridized carbons (Fsp3) is 0.353. The van der Waals surface area contributed by atoms with Gasteiger partial charge in [0.2, 0.25) is 0 Å². The van der Waals surface area contributed by atoms with Gasteiger partial charge in [-0.1, -0.05) is 6.92 Å². The fourth-order valence-electron chi connectivity index (χ4n) is 2.97. The van der Waals surface area contributed by atoms with Crippen LogP contribution >= 0.6 is 0 Å². The number of fused-ring (bicyclic) bond motifs is 1. The van der Waals surface area contributed by atoms with Crippen LogP contribution in [0.5, 0.6) is 0 Å². The zero-order valence-corrected chi connectivity index (χ0v) is 13.2. The van der Waals surface area contributed by atoms with E-state index in [0.29, 0.717) is 0 Å². The summed E-state index contributed by atoms with van der Waals surface area (Å²) in [5, 5.41) is 8.20. The molecule has 0 unspecified atom stereocenters. The Labute approximate surface area is 135 Å². The Kier molecular flexibility index (Phi) is 3.67. The Morgan fingerprint density at radius 1 is 1.13 bits per heavy atom. The lowest BCUT2D eigenvalue weighted by Crippen LogP contribution is -2.44. The van der Waals surface area contributed by atoms with Gasteiger partial charge in [0, 0.05) is 62.0 Å². The number of piperazine rings is 1. The third kappa shape index (κ3) is 2.66. The van der Waals surface area contributed by atoms with Crippen LogP contribution in [-0.2, 0) is 6.42 Å². The molecule has 4 heterocycles. The molecule has 1 N–H and O–H groups in total. The molecule has 6 nitrogen and oxygen atoms in total. The minimum Gasteiger partial charge on any atom is -0.354 e. The molecule has 0 bridgehead atoms. The first-order valence-electron chi connectivity index (χ1n) is 8.11. The number of aromatic nitrogens is 4. The molecule has 0 aliphatic carbocycles. The molecule has 0 spiro atoms. The Hall–Kier alpha value is -2.47. The third-order valence-corrected chi connectivity index (χ3v) is 4.24. The van der Waals surface area contributed by atoms with E-state index in [9.17, 15) is 0 Å². The second-order valence-electron chi connectivity index (χ2n) is 5.73. The molecule has 1 fully saturated rings. The van der Waals surface area contributed by atoms with Crippen LogP contribution in [0.25, 0.3) is 16.9 Å². The largest absolute Gasteiger partial charge is 0.354 e. The number of rotatable bonds is 3. The number of pyridine rings is 1. The molecule has 0 aromatic carbocycles. The van der Waals surface area contributed by atoms with Crippen molar-refractivity contribution >= 4 is 11.5 Å². The van der Waals surface area contributed by atoms with Crippen molar-refractivity contribution in [3.63, 3.8) is 0 Å². The normalized spacial score (nSPS) is 15.3. The number of hydrogen-bond donors (Lipinski definition) is 1. The summed E-state index contributed by atoms with van der Waals surface area (Å²) in [5.41, 5.74) is 4.01. The lowest BCUT2D eigenvalue weighted by atomic mass is 10.2. The summed E-state index contributed by atoms with van der Waals surface area (Å²) < 4.78 is 1.97. The molecule has 23 heavy (non-hydrogen) atoms. The average molecular weight is 308 g/mol. The molecular formula is C17H20N6. The van der Waals surface area contributed by atoms with Crippen molar-refractivity contribution in [1.29, 1.82) is 0 Å². The first-order chi connectivity index (χ1) is 11.3. The molecule has 1 saturated heterocycles. The molecule has 118 valence electrons. The molecular weight excluding hydrogens is 288 g/mol. The van der Waals surface area contributed by atoms with Crippen LogP contribution in [0, 0.1) is 0 Å². The number of anilines is 1. The van der Waals surface area contributed by atoms with Gasteiger partial charge in [-0.15, -0.1) is 0 Å². The SMILES string of the molecule is CCc1cc(N2CCNCC2)n2nc(-c3ccncc3)cc2n1. The molecule has 0 amide bonds. The van der Waals surface area contributed by atoms with Crippen LogP contribution in [0.2, 0.25) is 0 Å². The topological polar surface area (TPSA) is 58.4 Å². The lowest BCUT2D eigenvalue weighted by molar-refractivity contribution is 0.579. The monoisotopic (exact) mass is 308 g/mol. The van der Waals surface area contributed by atoms with E-state index in [-0.39, 0.29) is 0 Å². The quantitative estimate of drug-likeness (QED) is 0.799. The highest BCUT2D eigenvalue weighted by atomic mass is 15.4. The Balaban J connectivity index is 1.85. The molecule has 0 atom stereocenters. The van der Waals surface area contributed by atoms with E-state index >= 15 is 0 Å². The number of hydrogen-bond acceptors (Lipinski definition) is 5. The maximum absolute atomic E-state index is 4.80. The molecule has 4 rings (SSSR count). The van der Waals surface area contributed by atoms with Gasteiger partial charge in [0.1, 0.15) is 5.82 Å². The minimum atomic E-state index is 0.907. The Morgan fingerprint density at radius 3 is 2.65 bits per heavy atom. The highest BCUT2D eigenvalue weighted by molar-refractivity contribution is 5.65. The van der Waals surface area contributed by atoms with Crippen molar-refractivity contribution < 1.29 is 0 Å². The van der Waals surface area contributed by atoms with Crippen LogP contribution in [0.4, 0.5) is 5.82 Å². The van der Waals surface area contributed by atoms with Gasteiger partial charge in [-0.05, 0) is 18.6 Å². The maximum Gasteiger partial charge on any atom is 0.158 e. The van der Waals surface area contributed by atoms with Crippen LogP contribution in [0.1, 0.15) is 12.6 Å². The molecule has 0 radical (unpaired) electrons. The third-order valence-electron chi connectivity index (χ3n) is 4.24. The number of aryl methyl sites for hydroxylation is 1. The standard InChI is InChI=1S/C17H20N6/c1-2-14-11-17(22-9-7-19-8-10-22)23-16(20-14)12-15(21-23)13-3-5-18-6-4-13/h3-6,11-12,19H,2,7-10H2,1H3. The summed E-state index contributed by atoms with van der Waals surface area (Å²) in [7, 11) is 0. The van der Waals surface area contributed by atoms with E-state index in [0.717, 1.165) is 61.0 Å². The van der Waals surface area contributed by atoms with Crippen LogP contribution in [-0.4, -0.2) is 45.8 Å². The van der Waals surface area contributed by atoms with Gasteiger partial charge in [0.05, 0.1) is 5.69 Å². The summed E-state index contributed by atoms with van der Waals surface area (Å²) in [6.45, 7) is 6.13. The van der Waals surface area contributed by atoms with Gasteiger partial charge in [0.15, 0.2) is 5.65 Å². The average Bonchev–Trinajstić information content (AvgIpc) is 3.06. The van der Waals surface area contributed by atoms with E-state index in [1.54, 1.807) is 12.4 Å². The highest BCUT2D eigenvalue weighted by Crippen LogP contribution is 2.23. The molecule has 1 aliphatic heterocycles. The van der Waals surface area contributed by atoms with Crippen molar-refractivity contribution in [2.45, 2.75) is 13.3 Å². The second kappa shape index (κ2) is 5.96. The van der Waals surface area contributed by atoms with Crippen molar-refractivity contribution in [2.24, 2.45) is 0 Å². The van der Waals surface area contributed by atoms with Gasteiger partial charge in [-0.3, -0.25) is 4.98 Å². The van der Waals surface area contributed by atoms with Crippen LogP contribution < -0.4 is 10.2 Å². The summed E-state index contributed by atoms with van der Waals surface area (Å²) >= 11 is 0. The second-order valence-corrected chi connectivity index (χ2v) is 5.73. The lowest BCUT2D eigenvalue weighted by Gasteiger charge is -2.29.